The summed E-state index contributed by atoms with van der Waals surface area (Å²) in [7, 11) is 0. The predicted molar refractivity (Wildman–Crippen MR) is 219 cm³/mol. The average molecular weight is 669 g/mol. The van der Waals surface area contributed by atoms with Crippen LogP contribution in [0.4, 0.5) is 0 Å². The lowest BCUT2D eigenvalue weighted by Crippen LogP contribution is -1.95. The lowest BCUT2D eigenvalue weighted by Gasteiger charge is -2.11. The van der Waals surface area contributed by atoms with E-state index in [-0.39, 0.29) is 0 Å². The highest BCUT2D eigenvalue weighted by atomic mass is 32.1. The molecule has 0 atom stereocenters. The largest absolute Gasteiger partial charge is 0.309 e. The third kappa shape index (κ3) is 4.35. The van der Waals surface area contributed by atoms with E-state index in [0.29, 0.717) is 0 Å². The Bertz CT molecular complexity index is 2950. The lowest BCUT2D eigenvalue weighted by molar-refractivity contribution is 1.01. The zero-order chi connectivity index (χ0) is 33.5. The third-order valence-electron chi connectivity index (χ3n) is 10.8. The average Bonchev–Trinajstić information content (AvgIpc) is 3.86. The highest BCUT2D eigenvalue weighted by Gasteiger charge is 2.18. The van der Waals surface area contributed by atoms with E-state index in [2.05, 4.69) is 179 Å². The van der Waals surface area contributed by atoms with Crippen molar-refractivity contribution in [3.05, 3.63) is 174 Å². The summed E-state index contributed by atoms with van der Waals surface area (Å²) in [6.07, 6.45) is 6.90. The molecular formula is C48H32N2S. The molecule has 7 aromatic carbocycles. The van der Waals surface area contributed by atoms with Crippen LogP contribution in [0.15, 0.2) is 164 Å². The van der Waals surface area contributed by atoms with Crippen LogP contribution < -0.4 is 0 Å². The summed E-state index contributed by atoms with van der Waals surface area (Å²) >= 11 is 1.93. The Morgan fingerprint density at radius 2 is 0.961 bits per heavy atom. The number of para-hydroxylation sites is 3. The first-order valence-electron chi connectivity index (χ1n) is 17.7. The SMILES string of the molecule is C1=Cc2sc3c(-c4ccc(-c5ccc(-n6c7ccccc7c7cc(-n8c9ccccc9c9ccccc98)ccc76)cc5)cc4)cccc3c2CC1. The number of nitrogens with zero attached hydrogens (tertiary/aromatic N) is 2. The highest BCUT2D eigenvalue weighted by molar-refractivity contribution is 7.20. The van der Waals surface area contributed by atoms with Crippen LogP contribution in [0.5, 0.6) is 0 Å². The molecule has 0 bridgehead atoms. The fraction of sp³-hybridized carbons (Fsp3) is 0.0417. The maximum Gasteiger partial charge on any atom is 0.0542 e. The molecule has 2 nitrogen and oxygen atoms in total. The topological polar surface area (TPSA) is 9.86 Å². The minimum Gasteiger partial charge on any atom is -0.309 e. The van der Waals surface area contributed by atoms with Gasteiger partial charge < -0.3 is 9.13 Å². The van der Waals surface area contributed by atoms with Crippen molar-refractivity contribution >= 4 is 71.1 Å². The number of aryl methyl sites for hydroxylation is 1. The molecule has 0 fully saturated rings. The van der Waals surface area contributed by atoms with Crippen LogP contribution in [-0.4, -0.2) is 9.13 Å². The van der Waals surface area contributed by atoms with Crippen LogP contribution >= 0.6 is 11.3 Å². The molecule has 1 aliphatic carbocycles. The van der Waals surface area contributed by atoms with E-state index in [9.17, 15) is 0 Å². The number of benzene rings is 7. The summed E-state index contributed by atoms with van der Waals surface area (Å²) in [6, 6.07) is 58.1. The molecule has 0 amide bonds. The van der Waals surface area contributed by atoms with Gasteiger partial charge in [0.15, 0.2) is 0 Å². The van der Waals surface area contributed by atoms with Crippen molar-refractivity contribution in [3.63, 3.8) is 0 Å². The summed E-state index contributed by atoms with van der Waals surface area (Å²) < 4.78 is 6.21. The molecular weight excluding hydrogens is 637 g/mol. The summed E-state index contributed by atoms with van der Waals surface area (Å²) in [5.74, 6) is 0. The molecule has 0 radical (unpaired) electrons. The van der Waals surface area contributed by atoms with Crippen molar-refractivity contribution in [2.24, 2.45) is 0 Å². The molecule has 0 saturated carbocycles. The van der Waals surface area contributed by atoms with Gasteiger partial charge in [-0.2, -0.15) is 0 Å². The van der Waals surface area contributed by atoms with Crippen LogP contribution in [0.1, 0.15) is 16.9 Å². The molecule has 240 valence electrons. The number of fused-ring (bicyclic) bond motifs is 9. The quantitative estimate of drug-likeness (QED) is 0.177. The molecule has 0 spiro atoms. The second-order valence-electron chi connectivity index (χ2n) is 13.6. The van der Waals surface area contributed by atoms with E-state index in [1.54, 1.807) is 0 Å². The van der Waals surface area contributed by atoms with Gasteiger partial charge >= 0.3 is 0 Å². The Morgan fingerprint density at radius 3 is 1.65 bits per heavy atom. The molecule has 0 saturated heterocycles. The van der Waals surface area contributed by atoms with E-state index in [1.165, 1.54) is 92.1 Å². The van der Waals surface area contributed by atoms with Crippen LogP contribution in [0.3, 0.4) is 0 Å². The van der Waals surface area contributed by atoms with Gasteiger partial charge in [-0.15, -0.1) is 11.3 Å². The van der Waals surface area contributed by atoms with Crippen molar-refractivity contribution < 1.29 is 0 Å². The Kier molecular flexibility index (Phi) is 6.28. The zero-order valence-electron chi connectivity index (χ0n) is 27.9. The highest BCUT2D eigenvalue weighted by Crippen LogP contribution is 2.42. The number of thiophene rings is 1. The second-order valence-corrected chi connectivity index (χ2v) is 14.7. The molecule has 0 N–H and O–H groups in total. The maximum absolute atomic E-state index is 2.41. The Labute approximate surface area is 299 Å². The van der Waals surface area contributed by atoms with Gasteiger partial charge in [0.05, 0.1) is 22.1 Å². The first-order chi connectivity index (χ1) is 25.3. The van der Waals surface area contributed by atoms with Crippen LogP contribution in [0.2, 0.25) is 0 Å². The zero-order valence-corrected chi connectivity index (χ0v) is 28.7. The van der Waals surface area contributed by atoms with Crippen LogP contribution in [0.25, 0.3) is 93.4 Å². The van der Waals surface area contributed by atoms with E-state index < -0.39 is 0 Å². The van der Waals surface area contributed by atoms with Gasteiger partial charge in [-0.25, -0.2) is 0 Å². The van der Waals surface area contributed by atoms with Gasteiger partial charge in [0.1, 0.15) is 0 Å². The van der Waals surface area contributed by atoms with Crippen molar-refractivity contribution in [2.45, 2.75) is 12.8 Å². The van der Waals surface area contributed by atoms with Crippen molar-refractivity contribution in [1.29, 1.82) is 0 Å². The number of hydrogen-bond acceptors (Lipinski definition) is 1. The molecule has 3 heteroatoms. The molecule has 1 aliphatic rings. The minimum atomic E-state index is 1.14. The molecule has 51 heavy (non-hydrogen) atoms. The van der Waals surface area contributed by atoms with Gasteiger partial charge in [0.2, 0.25) is 0 Å². The van der Waals surface area contributed by atoms with Gasteiger partial charge in [0, 0.05) is 42.5 Å². The monoisotopic (exact) mass is 668 g/mol. The first kappa shape index (κ1) is 28.7. The van der Waals surface area contributed by atoms with E-state index in [0.717, 1.165) is 18.5 Å². The Balaban J connectivity index is 0.974. The fourth-order valence-electron chi connectivity index (χ4n) is 8.45. The molecule has 0 aliphatic heterocycles. The number of allylic oxidation sites excluding steroid dienone is 1. The number of hydrogen-bond donors (Lipinski definition) is 0. The number of rotatable bonds is 4. The van der Waals surface area contributed by atoms with E-state index in [1.807, 2.05) is 11.3 Å². The van der Waals surface area contributed by atoms with Crippen LogP contribution in [-0.2, 0) is 6.42 Å². The minimum absolute atomic E-state index is 1.14. The first-order valence-corrected chi connectivity index (χ1v) is 18.6. The maximum atomic E-state index is 2.41. The molecule has 11 rings (SSSR count). The summed E-state index contributed by atoms with van der Waals surface area (Å²) in [4.78, 5) is 1.42. The van der Waals surface area contributed by atoms with Gasteiger partial charge in [-0.1, -0.05) is 115 Å². The summed E-state index contributed by atoms with van der Waals surface area (Å²) in [5.41, 5.74) is 13.8. The normalized spacial score (nSPS) is 12.9. The summed E-state index contributed by atoms with van der Waals surface area (Å²) in [6.45, 7) is 0. The Hall–Kier alpha value is -6.16. The van der Waals surface area contributed by atoms with Crippen LogP contribution in [0, 0.1) is 0 Å². The lowest BCUT2D eigenvalue weighted by atomic mass is 9.96. The van der Waals surface area contributed by atoms with Crippen molar-refractivity contribution in [2.75, 3.05) is 0 Å². The molecule has 10 aromatic rings. The summed E-state index contributed by atoms with van der Waals surface area (Å²) in [5, 5.41) is 6.49. The molecule has 3 aromatic heterocycles. The number of aromatic nitrogens is 2. The third-order valence-corrected chi connectivity index (χ3v) is 12.1. The smallest absolute Gasteiger partial charge is 0.0542 e. The molecule has 0 unspecified atom stereocenters. The standard InChI is InChI=1S/C48H32N2S/c1-5-16-43-37(10-1)38-11-2-6-17-44(38)50(43)35-28-29-46-42(30-35)39-12-3-7-18-45(39)49(46)34-26-24-32(25-27-34)31-20-22-33(23-21-31)36-14-9-15-41-40-13-4-8-19-47(40)51-48(36)41/h1-3,5-12,14-30H,4,13H2. The van der Waals surface area contributed by atoms with Crippen molar-refractivity contribution in [1.82, 2.24) is 9.13 Å². The van der Waals surface area contributed by atoms with Gasteiger partial charge in [0.25, 0.3) is 0 Å². The second kappa shape index (κ2) is 11.2. The predicted octanol–water partition coefficient (Wildman–Crippen LogP) is 13.4. The Morgan fingerprint density at radius 1 is 0.431 bits per heavy atom. The van der Waals surface area contributed by atoms with Gasteiger partial charge in [-0.05, 0) is 101 Å². The fourth-order valence-corrected chi connectivity index (χ4v) is 9.77. The van der Waals surface area contributed by atoms with Crippen molar-refractivity contribution in [3.8, 4) is 33.6 Å². The van der Waals surface area contributed by atoms with E-state index >= 15 is 0 Å². The molecule has 3 heterocycles. The van der Waals surface area contributed by atoms with E-state index in [4.69, 9.17) is 0 Å². The van der Waals surface area contributed by atoms with Gasteiger partial charge in [-0.3, -0.25) is 0 Å².